The van der Waals surface area contributed by atoms with Gasteiger partial charge in [0, 0.05) is 6.54 Å². The monoisotopic (exact) mass is 193 g/mol. The lowest BCUT2D eigenvalue weighted by atomic mass is 10.2. The quantitative estimate of drug-likeness (QED) is 0.656. The standard InChI is InChI=1S/C8H11N5O/c9-3-5-7-6-8(11-4-10-6)12-13(7)1-2-14-5/h4-5H,1-3,9H2,(H,10,11,12)/t5-/m1/s1. The van der Waals surface area contributed by atoms with E-state index >= 15 is 0 Å². The van der Waals surface area contributed by atoms with Crippen LogP contribution in [0.25, 0.3) is 11.2 Å². The minimum Gasteiger partial charge on any atom is -0.369 e. The molecule has 74 valence electrons. The van der Waals surface area contributed by atoms with Crippen LogP contribution < -0.4 is 5.73 Å². The molecule has 0 bridgehead atoms. The van der Waals surface area contributed by atoms with Crippen molar-refractivity contribution < 1.29 is 4.74 Å². The zero-order valence-electron chi connectivity index (χ0n) is 7.60. The molecule has 1 atom stereocenters. The van der Waals surface area contributed by atoms with Gasteiger partial charge in [0.15, 0.2) is 5.65 Å². The highest BCUT2D eigenvalue weighted by Gasteiger charge is 2.25. The van der Waals surface area contributed by atoms with Crippen LogP contribution in [0.1, 0.15) is 11.8 Å². The number of rotatable bonds is 1. The molecular formula is C8H11N5O. The number of aromatic amines is 1. The zero-order valence-corrected chi connectivity index (χ0v) is 7.60. The SMILES string of the molecule is NC[C@H]1OCCn2nc3nc[nH]c3c21. The molecule has 3 N–H and O–H groups in total. The molecule has 6 heteroatoms. The molecule has 1 aliphatic rings. The maximum absolute atomic E-state index is 5.64. The Hall–Kier alpha value is -1.40. The molecule has 0 fully saturated rings. The van der Waals surface area contributed by atoms with Crippen molar-refractivity contribution in [2.75, 3.05) is 13.2 Å². The minimum absolute atomic E-state index is 0.0609. The third-order valence-electron chi connectivity index (χ3n) is 2.51. The fourth-order valence-corrected chi connectivity index (χ4v) is 1.89. The summed E-state index contributed by atoms with van der Waals surface area (Å²) < 4.78 is 7.48. The molecule has 0 spiro atoms. The molecule has 3 rings (SSSR count). The summed E-state index contributed by atoms with van der Waals surface area (Å²) in [6.07, 6.45) is 1.58. The second-order valence-electron chi connectivity index (χ2n) is 3.30. The molecule has 0 aliphatic carbocycles. The Bertz CT molecular complexity index is 459. The predicted molar refractivity (Wildman–Crippen MR) is 49.6 cm³/mol. The number of hydrogen-bond acceptors (Lipinski definition) is 4. The first-order valence-corrected chi connectivity index (χ1v) is 4.61. The highest BCUT2D eigenvalue weighted by Crippen LogP contribution is 2.26. The summed E-state index contributed by atoms with van der Waals surface area (Å²) in [6.45, 7) is 1.91. The van der Waals surface area contributed by atoms with E-state index < -0.39 is 0 Å². The van der Waals surface area contributed by atoms with E-state index in [2.05, 4.69) is 15.1 Å². The van der Waals surface area contributed by atoms with Gasteiger partial charge in [-0.1, -0.05) is 0 Å². The number of H-pyrrole nitrogens is 1. The molecule has 0 saturated heterocycles. The van der Waals surface area contributed by atoms with Gasteiger partial charge in [0.2, 0.25) is 0 Å². The van der Waals surface area contributed by atoms with E-state index in [-0.39, 0.29) is 6.10 Å². The van der Waals surface area contributed by atoms with Gasteiger partial charge in [-0.05, 0) is 0 Å². The van der Waals surface area contributed by atoms with Crippen LogP contribution >= 0.6 is 0 Å². The van der Waals surface area contributed by atoms with E-state index in [0.717, 1.165) is 23.4 Å². The van der Waals surface area contributed by atoms with Crippen LogP contribution in [0.2, 0.25) is 0 Å². The van der Waals surface area contributed by atoms with Crippen molar-refractivity contribution in [2.24, 2.45) is 5.73 Å². The summed E-state index contributed by atoms with van der Waals surface area (Å²) in [4.78, 5) is 7.17. The average molecular weight is 193 g/mol. The van der Waals surface area contributed by atoms with E-state index in [1.54, 1.807) is 6.33 Å². The lowest BCUT2D eigenvalue weighted by Gasteiger charge is -2.22. The third kappa shape index (κ3) is 0.919. The van der Waals surface area contributed by atoms with E-state index in [9.17, 15) is 0 Å². The van der Waals surface area contributed by atoms with Crippen LogP contribution in [0.3, 0.4) is 0 Å². The highest BCUT2D eigenvalue weighted by molar-refractivity contribution is 5.73. The van der Waals surface area contributed by atoms with Crippen molar-refractivity contribution in [1.82, 2.24) is 19.7 Å². The number of aromatic nitrogens is 4. The Morgan fingerprint density at radius 2 is 2.64 bits per heavy atom. The number of nitrogens with two attached hydrogens (primary N) is 1. The summed E-state index contributed by atoms with van der Waals surface area (Å²) in [5.74, 6) is 0. The number of ether oxygens (including phenoxy) is 1. The first-order chi connectivity index (χ1) is 6.90. The van der Waals surface area contributed by atoms with Crippen LogP contribution in [-0.2, 0) is 11.3 Å². The largest absolute Gasteiger partial charge is 0.369 e. The van der Waals surface area contributed by atoms with Gasteiger partial charge in [0.05, 0.1) is 25.2 Å². The third-order valence-corrected chi connectivity index (χ3v) is 2.51. The first-order valence-electron chi connectivity index (χ1n) is 4.61. The van der Waals surface area contributed by atoms with E-state index in [4.69, 9.17) is 10.5 Å². The minimum atomic E-state index is -0.0609. The molecule has 2 aromatic heterocycles. The molecule has 14 heavy (non-hydrogen) atoms. The van der Waals surface area contributed by atoms with E-state index in [1.165, 1.54) is 0 Å². The Morgan fingerprint density at radius 1 is 1.71 bits per heavy atom. The fraction of sp³-hybridized carbons (Fsp3) is 0.500. The maximum Gasteiger partial charge on any atom is 0.199 e. The predicted octanol–water partition coefficient (Wildman–Crippen LogP) is -0.211. The highest BCUT2D eigenvalue weighted by atomic mass is 16.5. The van der Waals surface area contributed by atoms with Gasteiger partial charge < -0.3 is 15.5 Å². The summed E-state index contributed by atoms with van der Waals surface area (Å²) >= 11 is 0. The van der Waals surface area contributed by atoms with Crippen LogP contribution in [0, 0.1) is 0 Å². The van der Waals surface area contributed by atoms with Crippen LogP contribution in [0.5, 0.6) is 0 Å². The average Bonchev–Trinajstić information content (AvgIpc) is 2.75. The molecule has 0 aromatic carbocycles. The topological polar surface area (TPSA) is 81.8 Å². The lowest BCUT2D eigenvalue weighted by Crippen LogP contribution is -2.27. The van der Waals surface area contributed by atoms with Crippen molar-refractivity contribution >= 4 is 11.2 Å². The zero-order chi connectivity index (χ0) is 9.54. The number of fused-ring (bicyclic) bond motifs is 3. The van der Waals surface area contributed by atoms with Gasteiger partial charge in [0.1, 0.15) is 11.6 Å². The molecule has 0 saturated carbocycles. The molecule has 3 heterocycles. The second kappa shape index (κ2) is 2.79. The van der Waals surface area contributed by atoms with E-state index in [0.29, 0.717) is 13.2 Å². The lowest BCUT2D eigenvalue weighted by molar-refractivity contribution is 0.0235. The Morgan fingerprint density at radius 3 is 3.50 bits per heavy atom. The summed E-state index contributed by atoms with van der Waals surface area (Å²) in [5.41, 5.74) is 8.34. The number of imidazole rings is 1. The molecule has 0 unspecified atom stereocenters. The molecule has 2 aromatic rings. The first kappa shape index (κ1) is 7.95. The molecule has 0 amide bonds. The van der Waals surface area contributed by atoms with Crippen LogP contribution in [0.4, 0.5) is 0 Å². The van der Waals surface area contributed by atoms with Gasteiger partial charge >= 0.3 is 0 Å². The Kier molecular flexibility index (Phi) is 1.59. The van der Waals surface area contributed by atoms with Gasteiger partial charge in [-0.3, -0.25) is 4.68 Å². The molecule has 6 nitrogen and oxygen atoms in total. The van der Waals surface area contributed by atoms with Gasteiger partial charge in [-0.25, -0.2) is 4.98 Å². The van der Waals surface area contributed by atoms with E-state index in [1.807, 2.05) is 4.68 Å². The maximum atomic E-state index is 5.64. The van der Waals surface area contributed by atoms with Crippen molar-refractivity contribution in [1.29, 1.82) is 0 Å². The van der Waals surface area contributed by atoms with Crippen molar-refractivity contribution in [3.63, 3.8) is 0 Å². The summed E-state index contributed by atoms with van der Waals surface area (Å²) in [7, 11) is 0. The van der Waals surface area contributed by atoms with Crippen LogP contribution in [0.15, 0.2) is 6.33 Å². The Balaban J connectivity index is 2.24. The fourth-order valence-electron chi connectivity index (χ4n) is 1.89. The second-order valence-corrected chi connectivity index (χ2v) is 3.30. The number of nitrogens with one attached hydrogen (secondary N) is 1. The van der Waals surface area contributed by atoms with Crippen molar-refractivity contribution in [2.45, 2.75) is 12.6 Å². The molecule has 0 radical (unpaired) electrons. The van der Waals surface area contributed by atoms with Crippen molar-refractivity contribution in [3.05, 3.63) is 12.0 Å². The number of nitrogens with zero attached hydrogens (tertiary/aromatic N) is 3. The number of hydrogen-bond donors (Lipinski definition) is 2. The summed E-state index contributed by atoms with van der Waals surface area (Å²) in [5, 5.41) is 4.35. The molecular weight excluding hydrogens is 182 g/mol. The van der Waals surface area contributed by atoms with Crippen molar-refractivity contribution in [3.8, 4) is 0 Å². The van der Waals surface area contributed by atoms with Crippen LogP contribution in [-0.4, -0.2) is 32.9 Å². The van der Waals surface area contributed by atoms with Gasteiger partial charge in [-0.2, -0.15) is 5.10 Å². The smallest absolute Gasteiger partial charge is 0.199 e. The molecule has 1 aliphatic heterocycles. The Labute approximate surface area is 80.1 Å². The normalized spacial score (nSPS) is 21.4. The van der Waals surface area contributed by atoms with Gasteiger partial charge in [0.25, 0.3) is 0 Å². The summed E-state index contributed by atoms with van der Waals surface area (Å²) in [6, 6.07) is 0. The van der Waals surface area contributed by atoms with Gasteiger partial charge in [-0.15, -0.1) is 0 Å².